The molecule has 1 atom stereocenters. The van der Waals surface area contributed by atoms with Crippen LogP contribution in [0.2, 0.25) is 5.02 Å². The maximum Gasteiger partial charge on any atom is 0.219 e. The van der Waals surface area contributed by atoms with Crippen LogP contribution in [0.15, 0.2) is 24.5 Å². The Morgan fingerprint density at radius 2 is 2.29 bits per heavy atom. The van der Waals surface area contributed by atoms with Crippen molar-refractivity contribution in [3.63, 3.8) is 0 Å². The van der Waals surface area contributed by atoms with Gasteiger partial charge in [-0.25, -0.2) is 4.98 Å². The number of aromatic nitrogens is 3. The molecule has 0 fully saturated rings. The minimum atomic E-state index is -0.918. The van der Waals surface area contributed by atoms with E-state index in [1.165, 1.54) is 18.0 Å². The molecule has 6 heteroatoms. The van der Waals surface area contributed by atoms with Gasteiger partial charge in [-0.15, -0.1) is 0 Å². The molecule has 0 saturated heterocycles. The fraction of sp³-hybridized carbons (Fsp3) is 0.273. The Balaban J connectivity index is 2.47. The van der Waals surface area contributed by atoms with Crippen LogP contribution in [0, 0.1) is 0 Å². The van der Waals surface area contributed by atoms with Crippen LogP contribution in [-0.2, 0) is 7.05 Å². The van der Waals surface area contributed by atoms with Crippen molar-refractivity contribution in [2.45, 2.75) is 6.10 Å². The maximum atomic E-state index is 10.3. The van der Waals surface area contributed by atoms with Gasteiger partial charge in [0.25, 0.3) is 0 Å². The quantitative estimate of drug-likeness (QED) is 0.902. The summed E-state index contributed by atoms with van der Waals surface area (Å²) in [5.74, 6) is 0.372. The number of pyridine rings is 1. The van der Waals surface area contributed by atoms with Crippen molar-refractivity contribution in [1.29, 1.82) is 0 Å². The smallest absolute Gasteiger partial charge is 0.219 e. The molecule has 0 bridgehead atoms. The molecule has 0 spiro atoms. The summed E-state index contributed by atoms with van der Waals surface area (Å²) in [6, 6.07) is 3.46. The number of rotatable bonds is 3. The van der Waals surface area contributed by atoms with E-state index in [0.29, 0.717) is 22.2 Å². The van der Waals surface area contributed by atoms with Gasteiger partial charge in [0.05, 0.1) is 24.0 Å². The van der Waals surface area contributed by atoms with E-state index in [4.69, 9.17) is 16.3 Å². The zero-order valence-electron chi connectivity index (χ0n) is 9.46. The number of aliphatic hydroxyl groups excluding tert-OH is 1. The molecule has 0 aliphatic heterocycles. The van der Waals surface area contributed by atoms with E-state index in [-0.39, 0.29) is 0 Å². The lowest BCUT2D eigenvalue weighted by atomic mass is 10.1. The van der Waals surface area contributed by atoms with Crippen LogP contribution >= 0.6 is 11.6 Å². The lowest BCUT2D eigenvalue weighted by molar-refractivity contribution is 0.203. The Labute approximate surface area is 104 Å². The van der Waals surface area contributed by atoms with Crippen LogP contribution in [0.25, 0.3) is 0 Å². The summed E-state index contributed by atoms with van der Waals surface area (Å²) < 4.78 is 6.63. The van der Waals surface area contributed by atoms with Crippen LogP contribution in [-0.4, -0.2) is 27.0 Å². The Morgan fingerprint density at radius 3 is 2.88 bits per heavy atom. The molecule has 0 amide bonds. The molecule has 90 valence electrons. The highest BCUT2D eigenvalue weighted by molar-refractivity contribution is 6.31. The minimum Gasteiger partial charge on any atom is -0.481 e. The molecule has 0 aliphatic carbocycles. The Bertz CT molecular complexity index is 508. The van der Waals surface area contributed by atoms with Gasteiger partial charge in [-0.05, 0) is 12.1 Å². The number of methoxy groups -OCH3 is 1. The first-order chi connectivity index (χ1) is 8.15. The molecular formula is C11H12ClN3O2. The molecule has 0 saturated carbocycles. The second-order valence-corrected chi connectivity index (χ2v) is 3.91. The Morgan fingerprint density at radius 1 is 1.53 bits per heavy atom. The van der Waals surface area contributed by atoms with Gasteiger partial charge in [0, 0.05) is 18.8 Å². The van der Waals surface area contributed by atoms with Crippen molar-refractivity contribution >= 4 is 11.6 Å². The number of aliphatic hydroxyl groups is 1. The molecule has 0 aromatic carbocycles. The molecule has 5 nitrogen and oxygen atoms in total. The fourth-order valence-electron chi connectivity index (χ4n) is 1.66. The lowest BCUT2D eigenvalue weighted by Gasteiger charge is -2.14. The number of aryl methyl sites for hydroxylation is 1. The lowest BCUT2D eigenvalue weighted by Crippen LogP contribution is -2.09. The van der Waals surface area contributed by atoms with Gasteiger partial charge >= 0.3 is 0 Å². The normalized spacial score (nSPS) is 12.5. The summed E-state index contributed by atoms with van der Waals surface area (Å²) in [7, 11) is 3.22. The highest BCUT2D eigenvalue weighted by atomic mass is 35.5. The topological polar surface area (TPSA) is 60.2 Å². The standard InChI is InChI=1S/C11H12ClN3O2/c1-15-9(8(12)6-14-15)10(16)7-4-3-5-13-11(7)17-2/h3-6,10,16H,1-2H3. The van der Waals surface area contributed by atoms with Gasteiger partial charge < -0.3 is 9.84 Å². The Kier molecular flexibility index (Phi) is 3.31. The predicted molar refractivity (Wildman–Crippen MR) is 63.1 cm³/mol. The molecular weight excluding hydrogens is 242 g/mol. The molecule has 0 radical (unpaired) electrons. The van der Waals surface area contributed by atoms with Gasteiger partial charge in [-0.2, -0.15) is 5.10 Å². The van der Waals surface area contributed by atoms with E-state index in [1.54, 1.807) is 25.4 Å². The minimum absolute atomic E-state index is 0.372. The summed E-state index contributed by atoms with van der Waals surface area (Å²) in [5, 5.41) is 14.7. The fourth-order valence-corrected chi connectivity index (χ4v) is 1.93. The average molecular weight is 254 g/mol. The third-order valence-corrected chi connectivity index (χ3v) is 2.78. The summed E-state index contributed by atoms with van der Waals surface area (Å²) >= 11 is 5.98. The average Bonchev–Trinajstić information content (AvgIpc) is 2.68. The van der Waals surface area contributed by atoms with Crippen LogP contribution < -0.4 is 4.74 Å². The highest BCUT2D eigenvalue weighted by Crippen LogP contribution is 2.31. The molecule has 0 aliphatic rings. The van der Waals surface area contributed by atoms with Crippen LogP contribution in [0.3, 0.4) is 0 Å². The Hall–Kier alpha value is -1.59. The van der Waals surface area contributed by atoms with E-state index in [2.05, 4.69) is 10.1 Å². The van der Waals surface area contributed by atoms with Crippen molar-refractivity contribution in [2.24, 2.45) is 7.05 Å². The number of ether oxygens (including phenoxy) is 1. The van der Waals surface area contributed by atoms with E-state index < -0.39 is 6.10 Å². The first-order valence-corrected chi connectivity index (χ1v) is 5.37. The van der Waals surface area contributed by atoms with Gasteiger partial charge in [-0.1, -0.05) is 11.6 Å². The molecule has 1 N–H and O–H groups in total. The third-order valence-electron chi connectivity index (χ3n) is 2.49. The number of halogens is 1. The first-order valence-electron chi connectivity index (χ1n) is 4.99. The summed E-state index contributed by atoms with van der Waals surface area (Å²) in [4.78, 5) is 4.03. The number of hydrogen-bond donors (Lipinski definition) is 1. The third kappa shape index (κ3) is 2.11. The molecule has 2 aromatic rings. The van der Waals surface area contributed by atoms with Crippen molar-refractivity contribution < 1.29 is 9.84 Å². The van der Waals surface area contributed by atoms with Gasteiger partial charge in [0.1, 0.15) is 6.10 Å². The predicted octanol–water partition coefficient (Wildman–Crippen LogP) is 1.56. The number of nitrogens with zero attached hydrogens (tertiary/aromatic N) is 3. The van der Waals surface area contributed by atoms with Gasteiger partial charge in [0.2, 0.25) is 5.88 Å². The summed E-state index contributed by atoms with van der Waals surface area (Å²) in [5.41, 5.74) is 1.07. The molecule has 2 heterocycles. The van der Waals surface area contributed by atoms with Crippen LogP contribution in [0.1, 0.15) is 17.4 Å². The van der Waals surface area contributed by atoms with E-state index in [1.807, 2.05) is 0 Å². The first kappa shape index (κ1) is 11.9. The van der Waals surface area contributed by atoms with Gasteiger partial charge in [0.15, 0.2) is 0 Å². The molecule has 17 heavy (non-hydrogen) atoms. The molecule has 2 rings (SSSR count). The van der Waals surface area contributed by atoms with Crippen molar-refractivity contribution in [3.8, 4) is 5.88 Å². The second kappa shape index (κ2) is 4.73. The number of hydrogen-bond acceptors (Lipinski definition) is 4. The van der Waals surface area contributed by atoms with Crippen molar-refractivity contribution in [2.75, 3.05) is 7.11 Å². The molecule has 1 unspecified atom stereocenters. The van der Waals surface area contributed by atoms with Crippen LogP contribution in [0.5, 0.6) is 5.88 Å². The zero-order valence-corrected chi connectivity index (χ0v) is 10.2. The van der Waals surface area contributed by atoms with Crippen LogP contribution in [0.4, 0.5) is 0 Å². The van der Waals surface area contributed by atoms with E-state index >= 15 is 0 Å². The zero-order chi connectivity index (χ0) is 12.4. The van der Waals surface area contributed by atoms with Crippen molar-refractivity contribution in [3.05, 3.63) is 40.8 Å². The second-order valence-electron chi connectivity index (χ2n) is 3.51. The largest absolute Gasteiger partial charge is 0.481 e. The SMILES string of the molecule is COc1ncccc1C(O)c1c(Cl)cnn1C. The summed E-state index contributed by atoms with van der Waals surface area (Å²) in [6.07, 6.45) is 2.17. The maximum absolute atomic E-state index is 10.3. The van der Waals surface area contributed by atoms with Crippen molar-refractivity contribution in [1.82, 2.24) is 14.8 Å². The monoisotopic (exact) mass is 253 g/mol. The highest BCUT2D eigenvalue weighted by Gasteiger charge is 2.21. The van der Waals surface area contributed by atoms with E-state index in [9.17, 15) is 5.11 Å². The summed E-state index contributed by atoms with van der Waals surface area (Å²) in [6.45, 7) is 0. The van der Waals surface area contributed by atoms with E-state index in [0.717, 1.165) is 0 Å². The van der Waals surface area contributed by atoms with Gasteiger partial charge in [-0.3, -0.25) is 4.68 Å². The molecule has 2 aromatic heterocycles.